The third kappa shape index (κ3) is 5.66. The van der Waals surface area contributed by atoms with Gasteiger partial charge in [0.25, 0.3) is 0 Å². The molecule has 4 rings (SSSR count). The van der Waals surface area contributed by atoms with Crippen molar-refractivity contribution in [2.75, 3.05) is 46.4 Å². The van der Waals surface area contributed by atoms with Crippen LogP contribution in [-0.4, -0.2) is 74.4 Å². The third-order valence-electron chi connectivity index (χ3n) is 6.58. The molecule has 1 aromatic rings. The number of likely N-dealkylation sites (tertiary alicyclic amines) is 1. The van der Waals surface area contributed by atoms with Crippen LogP contribution in [0.3, 0.4) is 0 Å². The molecular weight excluding hydrogens is 491 g/mol. The van der Waals surface area contributed by atoms with E-state index in [1.165, 1.54) is 24.0 Å². The first-order valence-corrected chi connectivity index (χ1v) is 11.0. The van der Waals surface area contributed by atoms with Crippen molar-refractivity contribution >= 4 is 29.9 Å². The van der Waals surface area contributed by atoms with Gasteiger partial charge in [-0.25, -0.2) is 0 Å². The van der Waals surface area contributed by atoms with Gasteiger partial charge in [0.2, 0.25) is 0 Å². The zero-order chi connectivity index (χ0) is 20.3. The number of rotatable bonds is 4. The smallest absolute Gasteiger partial charge is 0.193 e. The highest BCUT2D eigenvalue weighted by molar-refractivity contribution is 14.0. The first-order valence-electron chi connectivity index (χ1n) is 11.0. The molecule has 1 spiro atoms. The second kappa shape index (κ2) is 10.6. The van der Waals surface area contributed by atoms with E-state index in [2.05, 4.69) is 58.2 Å². The highest BCUT2D eigenvalue weighted by Gasteiger charge is 2.42. The van der Waals surface area contributed by atoms with Crippen LogP contribution in [0.1, 0.15) is 37.8 Å². The van der Waals surface area contributed by atoms with E-state index in [1.54, 1.807) is 0 Å². The molecule has 0 aromatic heterocycles. The van der Waals surface area contributed by atoms with Crippen molar-refractivity contribution in [1.29, 1.82) is 0 Å². The number of ether oxygens (including phenoxy) is 2. The number of morpholine rings is 1. The molecule has 3 aliphatic rings. The molecule has 0 saturated carbocycles. The van der Waals surface area contributed by atoms with Gasteiger partial charge in [-0.3, -0.25) is 9.89 Å². The minimum atomic E-state index is 0. The summed E-state index contributed by atoms with van der Waals surface area (Å²) in [6, 6.07) is 8.77. The first kappa shape index (κ1) is 23.8. The second-order valence-corrected chi connectivity index (χ2v) is 9.10. The van der Waals surface area contributed by atoms with Gasteiger partial charge in [-0.1, -0.05) is 24.3 Å². The number of hydrogen-bond acceptors (Lipinski definition) is 4. The van der Waals surface area contributed by atoms with E-state index in [9.17, 15) is 0 Å². The second-order valence-electron chi connectivity index (χ2n) is 9.10. The van der Waals surface area contributed by atoms with E-state index >= 15 is 0 Å². The fraction of sp³-hybridized carbons (Fsp3) is 0.696. The Morgan fingerprint density at radius 1 is 1.17 bits per heavy atom. The summed E-state index contributed by atoms with van der Waals surface area (Å²) in [6.45, 7) is 12.0. The monoisotopic (exact) mass is 528 g/mol. The lowest BCUT2D eigenvalue weighted by Gasteiger charge is -2.35. The van der Waals surface area contributed by atoms with Gasteiger partial charge in [-0.2, -0.15) is 0 Å². The predicted molar refractivity (Wildman–Crippen MR) is 131 cm³/mol. The molecule has 3 heterocycles. The molecule has 0 radical (unpaired) electrons. The summed E-state index contributed by atoms with van der Waals surface area (Å²) in [4.78, 5) is 9.48. The molecule has 1 aromatic carbocycles. The maximum atomic E-state index is 5.89. The number of guanidine groups is 1. The van der Waals surface area contributed by atoms with Crippen molar-refractivity contribution in [1.82, 2.24) is 15.1 Å². The quantitative estimate of drug-likeness (QED) is 0.370. The standard InChI is InChI=1S/C23H36N4O2.HI/c1-18-13-26(14-19(2)29-18)15-21-7-5-4-6-20(21)12-25-22(24-3)27-10-8-23(16-27)9-11-28-17-23;/h4-7,18-19H,8-17H2,1-3H3,(H,24,25);1H. The van der Waals surface area contributed by atoms with Gasteiger partial charge < -0.3 is 19.7 Å². The van der Waals surface area contributed by atoms with Crippen molar-refractivity contribution in [3.63, 3.8) is 0 Å². The summed E-state index contributed by atoms with van der Waals surface area (Å²) in [5, 5.41) is 3.62. The fourth-order valence-corrected chi connectivity index (χ4v) is 5.13. The summed E-state index contributed by atoms with van der Waals surface area (Å²) in [5.74, 6) is 1.01. The predicted octanol–water partition coefficient (Wildman–Crippen LogP) is 3.10. The third-order valence-corrected chi connectivity index (χ3v) is 6.58. The SMILES string of the molecule is CN=C(NCc1ccccc1CN1CC(C)OC(C)C1)N1CCC2(CCOC2)C1.I. The molecule has 7 heteroatoms. The van der Waals surface area contributed by atoms with Crippen LogP contribution in [0.25, 0.3) is 0 Å². The van der Waals surface area contributed by atoms with Crippen LogP contribution in [0, 0.1) is 5.41 Å². The minimum Gasteiger partial charge on any atom is -0.381 e. The van der Waals surface area contributed by atoms with E-state index in [1.807, 2.05) is 7.05 Å². The summed E-state index contributed by atoms with van der Waals surface area (Å²) < 4.78 is 11.6. The topological polar surface area (TPSA) is 49.3 Å². The molecule has 168 valence electrons. The van der Waals surface area contributed by atoms with E-state index in [0.29, 0.717) is 17.6 Å². The van der Waals surface area contributed by atoms with Crippen LogP contribution in [-0.2, 0) is 22.6 Å². The van der Waals surface area contributed by atoms with E-state index in [4.69, 9.17) is 9.47 Å². The molecule has 30 heavy (non-hydrogen) atoms. The average molecular weight is 528 g/mol. The number of nitrogens with one attached hydrogen (secondary N) is 1. The van der Waals surface area contributed by atoms with Crippen LogP contribution in [0.15, 0.2) is 29.3 Å². The number of halogens is 1. The van der Waals surface area contributed by atoms with Crippen LogP contribution >= 0.6 is 24.0 Å². The molecule has 0 bridgehead atoms. The molecular formula is C23H37IN4O2. The van der Waals surface area contributed by atoms with Crippen LogP contribution in [0.4, 0.5) is 0 Å². The molecule has 3 saturated heterocycles. The lowest BCUT2D eigenvalue weighted by Crippen LogP contribution is -2.45. The molecule has 0 aliphatic carbocycles. The lowest BCUT2D eigenvalue weighted by atomic mass is 9.87. The summed E-state index contributed by atoms with van der Waals surface area (Å²) >= 11 is 0. The van der Waals surface area contributed by atoms with Gasteiger partial charge in [-0.15, -0.1) is 24.0 Å². The zero-order valence-corrected chi connectivity index (χ0v) is 20.9. The Bertz CT molecular complexity index is 713. The van der Waals surface area contributed by atoms with Crippen molar-refractivity contribution in [3.8, 4) is 0 Å². The number of aliphatic imine (C=N–C) groups is 1. The average Bonchev–Trinajstić information content (AvgIpc) is 3.33. The Morgan fingerprint density at radius 2 is 1.90 bits per heavy atom. The maximum absolute atomic E-state index is 5.89. The minimum absolute atomic E-state index is 0. The van der Waals surface area contributed by atoms with E-state index in [-0.39, 0.29) is 24.0 Å². The van der Waals surface area contributed by atoms with E-state index in [0.717, 1.165) is 58.4 Å². The molecule has 1 N–H and O–H groups in total. The number of nitrogens with zero attached hydrogens (tertiary/aromatic N) is 3. The van der Waals surface area contributed by atoms with Crippen molar-refractivity contribution in [2.45, 2.75) is 52.0 Å². The van der Waals surface area contributed by atoms with Crippen molar-refractivity contribution in [2.24, 2.45) is 10.4 Å². The first-order chi connectivity index (χ1) is 14.1. The molecule has 0 amide bonds. The van der Waals surface area contributed by atoms with Crippen LogP contribution in [0.5, 0.6) is 0 Å². The summed E-state index contributed by atoms with van der Waals surface area (Å²) in [7, 11) is 1.89. The maximum Gasteiger partial charge on any atom is 0.193 e. The lowest BCUT2D eigenvalue weighted by molar-refractivity contribution is -0.0705. The molecule has 3 fully saturated rings. The number of benzene rings is 1. The Morgan fingerprint density at radius 3 is 2.57 bits per heavy atom. The van der Waals surface area contributed by atoms with Crippen LogP contribution < -0.4 is 5.32 Å². The van der Waals surface area contributed by atoms with Gasteiger partial charge in [0.15, 0.2) is 5.96 Å². The van der Waals surface area contributed by atoms with E-state index < -0.39 is 0 Å². The molecule has 3 aliphatic heterocycles. The van der Waals surface area contributed by atoms with Gasteiger partial charge in [0.05, 0.1) is 18.8 Å². The highest BCUT2D eigenvalue weighted by Crippen LogP contribution is 2.38. The Balaban J connectivity index is 0.00000256. The summed E-state index contributed by atoms with van der Waals surface area (Å²) in [6.07, 6.45) is 2.98. The summed E-state index contributed by atoms with van der Waals surface area (Å²) in [5.41, 5.74) is 3.08. The van der Waals surface area contributed by atoms with Crippen molar-refractivity contribution in [3.05, 3.63) is 35.4 Å². The number of hydrogen-bond donors (Lipinski definition) is 1. The van der Waals surface area contributed by atoms with Gasteiger partial charge in [0, 0.05) is 58.3 Å². The molecule has 6 nitrogen and oxygen atoms in total. The zero-order valence-electron chi connectivity index (χ0n) is 18.6. The van der Waals surface area contributed by atoms with Crippen LogP contribution in [0.2, 0.25) is 0 Å². The largest absolute Gasteiger partial charge is 0.381 e. The normalized spacial score (nSPS) is 30.0. The molecule has 3 atom stereocenters. The van der Waals surface area contributed by atoms with Crippen molar-refractivity contribution < 1.29 is 9.47 Å². The van der Waals surface area contributed by atoms with Gasteiger partial charge in [-0.05, 0) is 37.8 Å². The Hall–Kier alpha value is -0.900. The highest BCUT2D eigenvalue weighted by atomic mass is 127. The van der Waals surface area contributed by atoms with Gasteiger partial charge in [0.1, 0.15) is 0 Å². The Labute approximate surface area is 198 Å². The molecule has 3 unspecified atom stereocenters. The fourth-order valence-electron chi connectivity index (χ4n) is 5.13. The van der Waals surface area contributed by atoms with Gasteiger partial charge >= 0.3 is 0 Å². The Kier molecular flexibility index (Phi) is 8.40.